The number of pyridine rings is 1. The number of aromatic nitrogens is 1. The van der Waals surface area contributed by atoms with E-state index in [1.165, 1.54) is 0 Å². The summed E-state index contributed by atoms with van der Waals surface area (Å²) >= 11 is 8.98. The zero-order valence-electron chi connectivity index (χ0n) is 7.42. The second-order valence-electron chi connectivity index (χ2n) is 2.77. The van der Waals surface area contributed by atoms with Crippen LogP contribution in [0.15, 0.2) is 16.7 Å². The molecule has 1 amide bonds. The van der Waals surface area contributed by atoms with Crippen molar-refractivity contribution in [2.45, 2.75) is 13.0 Å². The second-order valence-corrected chi connectivity index (χ2v) is 4.04. The first-order chi connectivity index (χ1) is 6.50. The van der Waals surface area contributed by atoms with Gasteiger partial charge in [-0.15, -0.1) is 0 Å². The van der Waals surface area contributed by atoms with Gasteiger partial charge in [0, 0.05) is 10.7 Å². The average molecular weight is 279 g/mol. The van der Waals surface area contributed by atoms with E-state index in [9.17, 15) is 4.79 Å². The Hall–Kier alpha value is -0.650. The number of nitrogens with one attached hydrogen (secondary N) is 1. The van der Waals surface area contributed by atoms with Gasteiger partial charge in [-0.3, -0.25) is 4.79 Å². The molecule has 1 aromatic heterocycles. The number of carbonyl (C=O) groups is 1. The molecule has 0 aromatic carbocycles. The van der Waals surface area contributed by atoms with Crippen LogP contribution in [0.1, 0.15) is 6.92 Å². The lowest BCUT2D eigenvalue weighted by Gasteiger charge is -2.08. The molecule has 6 heteroatoms. The molecule has 0 aliphatic rings. The van der Waals surface area contributed by atoms with Gasteiger partial charge < -0.3 is 11.1 Å². The van der Waals surface area contributed by atoms with Crippen molar-refractivity contribution in [3.8, 4) is 0 Å². The molecule has 0 radical (unpaired) electrons. The topological polar surface area (TPSA) is 68.0 Å². The Morgan fingerprint density at radius 2 is 2.43 bits per heavy atom. The highest BCUT2D eigenvalue weighted by atomic mass is 79.9. The minimum atomic E-state index is -0.579. The summed E-state index contributed by atoms with van der Waals surface area (Å²) in [4.78, 5) is 15.1. The van der Waals surface area contributed by atoms with E-state index in [2.05, 4.69) is 26.2 Å². The lowest BCUT2D eigenvalue weighted by molar-refractivity contribution is -0.117. The summed E-state index contributed by atoms with van der Waals surface area (Å²) in [5.74, 6) is -0.299. The van der Waals surface area contributed by atoms with E-state index in [4.69, 9.17) is 17.3 Å². The highest BCUT2D eigenvalue weighted by molar-refractivity contribution is 9.10. The first-order valence-corrected chi connectivity index (χ1v) is 5.05. The van der Waals surface area contributed by atoms with Gasteiger partial charge in [-0.2, -0.15) is 0 Å². The summed E-state index contributed by atoms with van der Waals surface area (Å²) < 4.78 is 0.738. The van der Waals surface area contributed by atoms with Gasteiger partial charge in [0.15, 0.2) is 5.15 Å². The summed E-state index contributed by atoms with van der Waals surface area (Å²) in [6.07, 6.45) is 1.55. The Kier molecular flexibility index (Phi) is 3.86. The predicted molar refractivity (Wildman–Crippen MR) is 59.2 cm³/mol. The number of rotatable bonds is 2. The number of carbonyl (C=O) groups excluding carboxylic acids is 1. The maximum absolute atomic E-state index is 11.2. The Bertz CT molecular complexity index is 356. The lowest BCUT2D eigenvalue weighted by Crippen LogP contribution is -2.32. The molecule has 0 unspecified atom stereocenters. The van der Waals surface area contributed by atoms with Crippen molar-refractivity contribution < 1.29 is 4.79 Å². The minimum Gasteiger partial charge on any atom is -0.322 e. The van der Waals surface area contributed by atoms with E-state index in [0.717, 1.165) is 4.47 Å². The van der Waals surface area contributed by atoms with Gasteiger partial charge in [-0.1, -0.05) is 11.6 Å². The molecule has 14 heavy (non-hydrogen) atoms. The summed E-state index contributed by atoms with van der Waals surface area (Å²) in [6, 6.07) is 1.08. The smallest absolute Gasteiger partial charge is 0.241 e. The zero-order valence-corrected chi connectivity index (χ0v) is 9.76. The summed E-state index contributed by atoms with van der Waals surface area (Å²) in [5.41, 5.74) is 5.83. The third kappa shape index (κ3) is 2.94. The Morgan fingerprint density at radius 3 is 3.00 bits per heavy atom. The lowest BCUT2D eigenvalue weighted by atomic mass is 10.3. The average Bonchev–Trinajstić information content (AvgIpc) is 2.11. The molecule has 1 aromatic rings. The molecule has 76 valence electrons. The summed E-state index contributed by atoms with van der Waals surface area (Å²) in [6.45, 7) is 1.59. The van der Waals surface area contributed by atoms with Crippen molar-refractivity contribution in [1.82, 2.24) is 4.98 Å². The van der Waals surface area contributed by atoms with Gasteiger partial charge in [0.25, 0.3) is 0 Å². The van der Waals surface area contributed by atoms with Gasteiger partial charge in [0.2, 0.25) is 5.91 Å². The number of nitrogens with zero attached hydrogens (tertiary/aromatic N) is 1. The van der Waals surface area contributed by atoms with Crippen LogP contribution in [-0.2, 0) is 4.79 Å². The first-order valence-electron chi connectivity index (χ1n) is 3.88. The third-order valence-corrected chi connectivity index (χ3v) is 2.21. The number of halogens is 2. The van der Waals surface area contributed by atoms with Crippen LogP contribution >= 0.6 is 27.5 Å². The quantitative estimate of drug-likeness (QED) is 0.810. The van der Waals surface area contributed by atoms with Crippen LogP contribution in [0.4, 0.5) is 5.69 Å². The molecule has 0 aliphatic heterocycles. The molecule has 0 fully saturated rings. The standard InChI is InChI=1S/C8H9BrClN3O/c1-4(11)8(14)13-6-2-5(9)3-12-7(6)10/h2-4H,11H2,1H3,(H,13,14)/t4-/m0/s1. The monoisotopic (exact) mass is 277 g/mol. The van der Waals surface area contributed by atoms with Crippen molar-refractivity contribution in [3.05, 3.63) is 21.9 Å². The SMILES string of the molecule is C[C@H](N)C(=O)Nc1cc(Br)cnc1Cl. The van der Waals surface area contributed by atoms with Gasteiger partial charge in [0.1, 0.15) is 0 Å². The van der Waals surface area contributed by atoms with Crippen LogP contribution < -0.4 is 11.1 Å². The van der Waals surface area contributed by atoms with Crippen LogP contribution in [0.3, 0.4) is 0 Å². The minimum absolute atomic E-state index is 0.238. The van der Waals surface area contributed by atoms with E-state index < -0.39 is 6.04 Å². The number of nitrogens with two attached hydrogens (primary N) is 1. The highest BCUT2D eigenvalue weighted by Gasteiger charge is 2.10. The van der Waals surface area contributed by atoms with Gasteiger partial charge in [-0.05, 0) is 28.9 Å². The largest absolute Gasteiger partial charge is 0.322 e. The van der Waals surface area contributed by atoms with Crippen molar-refractivity contribution >= 4 is 39.1 Å². The zero-order chi connectivity index (χ0) is 10.7. The molecule has 0 spiro atoms. The Morgan fingerprint density at radius 1 is 1.79 bits per heavy atom. The van der Waals surface area contributed by atoms with Crippen LogP contribution in [0, 0.1) is 0 Å². The molecule has 1 rings (SSSR count). The number of hydrogen-bond donors (Lipinski definition) is 2. The molecular formula is C8H9BrClN3O. The first kappa shape index (κ1) is 11.4. The molecule has 0 bridgehead atoms. The maximum atomic E-state index is 11.2. The van der Waals surface area contributed by atoms with Crippen molar-refractivity contribution in [2.75, 3.05) is 5.32 Å². The van der Waals surface area contributed by atoms with E-state index in [0.29, 0.717) is 5.69 Å². The predicted octanol–water partition coefficient (Wildman–Crippen LogP) is 1.78. The fourth-order valence-electron chi connectivity index (χ4n) is 0.757. The molecule has 0 aliphatic carbocycles. The third-order valence-electron chi connectivity index (χ3n) is 1.48. The summed E-state index contributed by atoms with van der Waals surface area (Å²) in [7, 11) is 0. The van der Waals surface area contributed by atoms with Crippen LogP contribution in [-0.4, -0.2) is 16.9 Å². The molecule has 0 saturated carbocycles. The molecule has 4 nitrogen and oxygen atoms in total. The fraction of sp³-hybridized carbons (Fsp3) is 0.250. The molecule has 1 heterocycles. The maximum Gasteiger partial charge on any atom is 0.241 e. The molecular weight excluding hydrogens is 269 g/mol. The fourth-order valence-corrected chi connectivity index (χ4v) is 1.24. The van der Waals surface area contributed by atoms with Crippen molar-refractivity contribution in [2.24, 2.45) is 5.73 Å². The number of hydrogen-bond acceptors (Lipinski definition) is 3. The van der Waals surface area contributed by atoms with Crippen molar-refractivity contribution in [3.63, 3.8) is 0 Å². The number of amides is 1. The Balaban J connectivity index is 2.86. The highest BCUT2D eigenvalue weighted by Crippen LogP contribution is 2.22. The Labute approximate surface area is 95.0 Å². The van der Waals surface area contributed by atoms with E-state index in [1.54, 1.807) is 19.2 Å². The second kappa shape index (κ2) is 4.72. The summed E-state index contributed by atoms with van der Waals surface area (Å²) in [5, 5.41) is 2.80. The molecule has 3 N–H and O–H groups in total. The normalized spacial score (nSPS) is 12.3. The van der Waals surface area contributed by atoms with Gasteiger partial charge >= 0.3 is 0 Å². The number of anilines is 1. The van der Waals surface area contributed by atoms with E-state index in [1.807, 2.05) is 0 Å². The van der Waals surface area contributed by atoms with Crippen molar-refractivity contribution in [1.29, 1.82) is 0 Å². The van der Waals surface area contributed by atoms with Gasteiger partial charge in [-0.25, -0.2) is 4.98 Å². The van der Waals surface area contributed by atoms with Crippen LogP contribution in [0.25, 0.3) is 0 Å². The molecule has 0 saturated heterocycles. The van der Waals surface area contributed by atoms with Crippen LogP contribution in [0.5, 0.6) is 0 Å². The van der Waals surface area contributed by atoms with Crippen LogP contribution in [0.2, 0.25) is 5.15 Å². The molecule has 1 atom stereocenters. The van der Waals surface area contributed by atoms with E-state index >= 15 is 0 Å². The van der Waals surface area contributed by atoms with Gasteiger partial charge in [0.05, 0.1) is 11.7 Å². The van der Waals surface area contributed by atoms with E-state index in [-0.39, 0.29) is 11.1 Å².